The number of methoxy groups -OCH3 is 2. The standard InChI is InChI=1S/C13H15N3O3.C10H12O2.C7H8/c1-19-10-2-3-11-9(6-10)7-12(16-11)13(18)15-5-4-14-8-17;1-3-8-5-4-6-9(7-8)10(11)12-2;1-7-5-3-2-4-6-7/h2-3,6-8,16H,4-5H2,1H3,(H,14,17)(H,15,18);4-7H,3H2,1-2H3;2-6H,1H3. The van der Waals surface area contributed by atoms with E-state index in [-0.39, 0.29) is 11.9 Å². The number of H-pyrrole nitrogens is 1. The molecule has 0 aliphatic heterocycles. The van der Waals surface area contributed by atoms with Crippen LogP contribution < -0.4 is 15.4 Å². The Morgan fingerprint density at radius 3 is 2.29 bits per heavy atom. The molecule has 1 aromatic heterocycles. The first-order chi connectivity index (χ1) is 18.4. The Labute approximate surface area is 223 Å². The van der Waals surface area contributed by atoms with E-state index in [1.54, 1.807) is 19.2 Å². The molecular formula is C30H35N3O5. The van der Waals surface area contributed by atoms with Gasteiger partial charge in [-0.15, -0.1) is 0 Å². The Hall–Kier alpha value is -4.59. The van der Waals surface area contributed by atoms with E-state index >= 15 is 0 Å². The lowest BCUT2D eigenvalue weighted by Gasteiger charge is -2.02. The monoisotopic (exact) mass is 517 g/mol. The molecular weight excluding hydrogens is 482 g/mol. The maximum Gasteiger partial charge on any atom is 0.337 e. The van der Waals surface area contributed by atoms with Crippen LogP contribution in [0.5, 0.6) is 5.75 Å². The van der Waals surface area contributed by atoms with Gasteiger partial charge in [0.15, 0.2) is 0 Å². The van der Waals surface area contributed by atoms with Crippen molar-refractivity contribution in [3.63, 3.8) is 0 Å². The molecule has 2 amide bonds. The molecule has 3 aromatic carbocycles. The van der Waals surface area contributed by atoms with E-state index in [9.17, 15) is 14.4 Å². The largest absolute Gasteiger partial charge is 0.497 e. The molecule has 0 saturated carbocycles. The lowest BCUT2D eigenvalue weighted by molar-refractivity contribution is -0.109. The van der Waals surface area contributed by atoms with Crippen molar-refractivity contribution in [2.75, 3.05) is 27.3 Å². The minimum atomic E-state index is -0.273. The number of hydrogen-bond acceptors (Lipinski definition) is 5. The van der Waals surface area contributed by atoms with Crippen LogP contribution in [0, 0.1) is 6.92 Å². The number of rotatable bonds is 8. The van der Waals surface area contributed by atoms with Gasteiger partial charge >= 0.3 is 5.97 Å². The SMILES string of the molecule is CCc1cccc(C(=O)OC)c1.COc1ccc2[nH]c(C(=O)NCCNC=O)cc2c1.Cc1ccccc1. The van der Waals surface area contributed by atoms with Gasteiger partial charge in [0.25, 0.3) is 5.91 Å². The second-order valence-electron chi connectivity index (χ2n) is 8.16. The molecule has 1 heterocycles. The van der Waals surface area contributed by atoms with Crippen molar-refractivity contribution in [1.82, 2.24) is 15.6 Å². The highest BCUT2D eigenvalue weighted by atomic mass is 16.5. The summed E-state index contributed by atoms with van der Waals surface area (Å²) >= 11 is 0. The second-order valence-corrected chi connectivity index (χ2v) is 8.16. The van der Waals surface area contributed by atoms with Crippen LogP contribution in [0.1, 0.15) is 38.9 Å². The number of aromatic amines is 1. The van der Waals surface area contributed by atoms with E-state index in [2.05, 4.69) is 46.3 Å². The first kappa shape index (κ1) is 29.6. The number of fused-ring (bicyclic) bond motifs is 1. The van der Waals surface area contributed by atoms with Crippen LogP contribution in [0.4, 0.5) is 0 Å². The van der Waals surface area contributed by atoms with Crippen LogP contribution in [-0.4, -0.2) is 50.6 Å². The van der Waals surface area contributed by atoms with Crippen molar-refractivity contribution in [2.45, 2.75) is 20.3 Å². The van der Waals surface area contributed by atoms with E-state index in [0.29, 0.717) is 30.8 Å². The summed E-state index contributed by atoms with van der Waals surface area (Å²) in [7, 11) is 2.99. The molecule has 3 N–H and O–H groups in total. The molecule has 38 heavy (non-hydrogen) atoms. The Morgan fingerprint density at radius 1 is 0.921 bits per heavy atom. The van der Waals surface area contributed by atoms with Crippen LogP contribution in [0.3, 0.4) is 0 Å². The number of benzene rings is 3. The zero-order chi connectivity index (χ0) is 27.8. The average Bonchev–Trinajstić information content (AvgIpc) is 3.39. The highest BCUT2D eigenvalue weighted by Gasteiger charge is 2.09. The number of amides is 2. The van der Waals surface area contributed by atoms with Gasteiger partial charge in [-0.25, -0.2) is 4.79 Å². The highest BCUT2D eigenvalue weighted by molar-refractivity contribution is 5.98. The number of aromatic nitrogens is 1. The molecule has 0 aliphatic carbocycles. The lowest BCUT2D eigenvalue weighted by Crippen LogP contribution is -2.31. The van der Waals surface area contributed by atoms with Crippen molar-refractivity contribution in [3.05, 3.63) is 101 Å². The van der Waals surface area contributed by atoms with Crippen molar-refractivity contribution < 1.29 is 23.9 Å². The van der Waals surface area contributed by atoms with Crippen molar-refractivity contribution in [1.29, 1.82) is 0 Å². The van der Waals surface area contributed by atoms with E-state index < -0.39 is 0 Å². The summed E-state index contributed by atoms with van der Waals surface area (Å²) in [4.78, 5) is 36.0. The minimum absolute atomic E-state index is 0.206. The van der Waals surface area contributed by atoms with Gasteiger partial charge in [0.2, 0.25) is 6.41 Å². The molecule has 0 fully saturated rings. The second kappa shape index (κ2) is 16.2. The van der Waals surface area contributed by atoms with Gasteiger partial charge in [0.05, 0.1) is 19.8 Å². The summed E-state index contributed by atoms with van der Waals surface area (Å²) in [6.45, 7) is 4.93. The van der Waals surface area contributed by atoms with Crippen LogP contribution >= 0.6 is 0 Å². The van der Waals surface area contributed by atoms with Gasteiger partial charge in [0.1, 0.15) is 11.4 Å². The van der Waals surface area contributed by atoms with Crippen molar-refractivity contribution in [3.8, 4) is 5.75 Å². The van der Waals surface area contributed by atoms with Crippen molar-refractivity contribution >= 4 is 29.2 Å². The highest BCUT2D eigenvalue weighted by Crippen LogP contribution is 2.21. The first-order valence-corrected chi connectivity index (χ1v) is 12.2. The first-order valence-electron chi connectivity index (χ1n) is 12.2. The number of carbonyl (C=O) groups excluding carboxylic acids is 3. The molecule has 4 aromatic rings. The fraction of sp³-hybridized carbons (Fsp3) is 0.233. The third-order valence-corrected chi connectivity index (χ3v) is 5.41. The van der Waals surface area contributed by atoms with Gasteiger partial charge in [-0.05, 0) is 55.3 Å². The van der Waals surface area contributed by atoms with Crippen molar-refractivity contribution in [2.24, 2.45) is 0 Å². The smallest absolute Gasteiger partial charge is 0.337 e. The van der Waals surface area contributed by atoms with E-state index in [0.717, 1.165) is 28.6 Å². The number of esters is 1. The predicted octanol–water partition coefficient (Wildman–Crippen LogP) is 4.68. The zero-order valence-electron chi connectivity index (χ0n) is 22.2. The summed E-state index contributed by atoms with van der Waals surface area (Å²) in [5.74, 6) is 0.266. The minimum Gasteiger partial charge on any atom is -0.497 e. The Balaban J connectivity index is 0.000000226. The van der Waals surface area contributed by atoms with Gasteiger partial charge in [-0.3, -0.25) is 9.59 Å². The quantitative estimate of drug-likeness (QED) is 0.179. The normalized spacial score (nSPS) is 9.68. The van der Waals surface area contributed by atoms with Crippen LogP contribution in [0.2, 0.25) is 0 Å². The van der Waals surface area contributed by atoms with Crippen LogP contribution in [0.25, 0.3) is 10.9 Å². The third-order valence-electron chi connectivity index (χ3n) is 5.41. The molecule has 0 spiro atoms. The number of ether oxygens (including phenoxy) is 2. The summed E-state index contributed by atoms with van der Waals surface area (Å²) < 4.78 is 9.72. The maximum atomic E-state index is 11.8. The summed E-state index contributed by atoms with van der Waals surface area (Å²) in [6, 6.07) is 25.0. The van der Waals surface area contributed by atoms with Gasteiger partial charge in [0, 0.05) is 24.0 Å². The molecule has 8 nitrogen and oxygen atoms in total. The Morgan fingerprint density at radius 2 is 1.68 bits per heavy atom. The van der Waals surface area contributed by atoms with Gasteiger partial charge in [-0.2, -0.15) is 0 Å². The Kier molecular flexibility index (Phi) is 12.6. The molecule has 200 valence electrons. The summed E-state index contributed by atoms with van der Waals surface area (Å²) in [6.07, 6.45) is 1.53. The molecule has 0 atom stereocenters. The van der Waals surface area contributed by atoms with E-state index in [4.69, 9.17) is 4.74 Å². The fourth-order valence-corrected chi connectivity index (χ4v) is 3.33. The van der Waals surface area contributed by atoms with Crippen LogP contribution in [0.15, 0.2) is 78.9 Å². The maximum absolute atomic E-state index is 11.8. The third kappa shape index (κ3) is 9.81. The molecule has 0 unspecified atom stereocenters. The van der Waals surface area contributed by atoms with Gasteiger partial charge < -0.3 is 25.1 Å². The van der Waals surface area contributed by atoms with Gasteiger partial charge in [-0.1, -0.05) is 55.0 Å². The topological polar surface area (TPSA) is 110 Å². The Bertz CT molecular complexity index is 1300. The fourth-order valence-electron chi connectivity index (χ4n) is 3.33. The number of nitrogens with one attached hydrogen (secondary N) is 3. The zero-order valence-corrected chi connectivity index (χ0v) is 22.2. The summed E-state index contributed by atoms with van der Waals surface area (Å²) in [5.41, 5.74) is 4.45. The molecule has 0 radical (unpaired) electrons. The number of aryl methyl sites for hydroxylation is 2. The van der Waals surface area contributed by atoms with Crippen LogP contribution in [-0.2, 0) is 16.0 Å². The molecule has 4 rings (SSSR count). The molecule has 0 aliphatic rings. The number of carbonyl (C=O) groups is 3. The molecule has 8 heteroatoms. The predicted molar refractivity (Wildman–Crippen MR) is 150 cm³/mol. The molecule has 0 bridgehead atoms. The molecule has 0 saturated heterocycles. The van der Waals surface area contributed by atoms with E-state index in [1.165, 1.54) is 12.7 Å². The lowest BCUT2D eigenvalue weighted by atomic mass is 10.1. The summed E-state index contributed by atoms with van der Waals surface area (Å²) in [5, 5.41) is 6.09. The average molecular weight is 518 g/mol. The van der Waals surface area contributed by atoms with E-state index in [1.807, 2.05) is 54.6 Å². The number of hydrogen-bond donors (Lipinski definition) is 3.